The fourth-order valence-corrected chi connectivity index (χ4v) is 1.97. The first-order valence-electron chi connectivity index (χ1n) is 3.93. The number of rotatable bonds is 1. The summed E-state index contributed by atoms with van der Waals surface area (Å²) in [6.45, 7) is 1.99. The Kier molecular flexibility index (Phi) is 2.10. The molecule has 0 amide bonds. The maximum Gasteiger partial charge on any atom is 0.149 e. The van der Waals surface area contributed by atoms with E-state index in [1.54, 1.807) is 23.6 Å². The van der Waals surface area contributed by atoms with Crippen LogP contribution in [0.4, 0.5) is 4.39 Å². The molecule has 2 aromatic heterocycles. The molecule has 0 radical (unpaired) electrons. The quantitative estimate of drug-likeness (QED) is 0.677. The van der Waals surface area contributed by atoms with E-state index >= 15 is 0 Å². The molecule has 13 heavy (non-hydrogen) atoms. The third kappa shape index (κ3) is 1.47. The number of hydrogen-bond donors (Lipinski definition) is 0. The second kappa shape index (κ2) is 3.26. The molecule has 1 nitrogen and oxygen atoms in total. The summed E-state index contributed by atoms with van der Waals surface area (Å²) >= 11 is 1.62. The van der Waals surface area contributed by atoms with Crippen LogP contribution in [0, 0.1) is 12.7 Å². The van der Waals surface area contributed by atoms with E-state index in [0.29, 0.717) is 5.56 Å². The monoisotopic (exact) mass is 193 g/mol. The Morgan fingerprint density at radius 3 is 2.77 bits per heavy atom. The lowest BCUT2D eigenvalue weighted by atomic mass is 10.1. The molecule has 66 valence electrons. The largest absolute Gasteiger partial charge is 0.262 e. The lowest BCUT2D eigenvalue weighted by molar-refractivity contribution is 0.625. The molecule has 2 rings (SSSR count). The van der Waals surface area contributed by atoms with E-state index in [4.69, 9.17) is 0 Å². The Morgan fingerprint density at radius 2 is 2.15 bits per heavy atom. The number of aromatic nitrogens is 1. The molecule has 2 aromatic rings. The first-order valence-corrected chi connectivity index (χ1v) is 4.81. The topological polar surface area (TPSA) is 12.9 Å². The van der Waals surface area contributed by atoms with Crippen LogP contribution >= 0.6 is 11.3 Å². The van der Waals surface area contributed by atoms with Crippen LogP contribution in [-0.4, -0.2) is 4.98 Å². The Labute approximate surface area is 79.9 Å². The molecule has 0 aliphatic heterocycles. The van der Waals surface area contributed by atoms with E-state index in [0.717, 1.165) is 10.4 Å². The summed E-state index contributed by atoms with van der Waals surface area (Å²) in [5.74, 6) is -0.260. The maximum atomic E-state index is 13.3. The van der Waals surface area contributed by atoms with Gasteiger partial charge in [0, 0.05) is 16.6 Å². The van der Waals surface area contributed by atoms with E-state index in [-0.39, 0.29) is 5.82 Å². The highest BCUT2D eigenvalue weighted by Gasteiger charge is 2.07. The summed E-state index contributed by atoms with van der Waals surface area (Å²) in [6, 6.07) is 3.63. The number of nitrogens with zero attached hydrogens (tertiary/aromatic N) is 1. The van der Waals surface area contributed by atoms with Crippen LogP contribution in [0.5, 0.6) is 0 Å². The fraction of sp³-hybridized carbons (Fsp3) is 0.100. The van der Waals surface area contributed by atoms with Crippen LogP contribution in [0.2, 0.25) is 0 Å². The van der Waals surface area contributed by atoms with Crippen molar-refractivity contribution in [1.29, 1.82) is 0 Å². The van der Waals surface area contributed by atoms with Crippen molar-refractivity contribution in [3.05, 3.63) is 40.6 Å². The van der Waals surface area contributed by atoms with Crippen LogP contribution < -0.4 is 0 Å². The van der Waals surface area contributed by atoms with Crippen molar-refractivity contribution >= 4 is 11.3 Å². The van der Waals surface area contributed by atoms with Gasteiger partial charge in [0.25, 0.3) is 0 Å². The van der Waals surface area contributed by atoms with Crippen molar-refractivity contribution in [3.8, 4) is 11.1 Å². The van der Waals surface area contributed by atoms with Gasteiger partial charge in [0.2, 0.25) is 0 Å². The summed E-state index contributed by atoms with van der Waals surface area (Å²) in [7, 11) is 0. The molecule has 0 saturated heterocycles. The van der Waals surface area contributed by atoms with E-state index < -0.39 is 0 Å². The lowest BCUT2D eigenvalue weighted by Gasteiger charge is -2.00. The highest BCUT2D eigenvalue weighted by molar-refractivity contribution is 7.10. The Bertz CT molecular complexity index is 422. The molecule has 0 saturated carbocycles. The molecule has 0 atom stereocenters. The fourth-order valence-electron chi connectivity index (χ4n) is 1.26. The van der Waals surface area contributed by atoms with Crippen molar-refractivity contribution < 1.29 is 4.39 Å². The summed E-state index contributed by atoms with van der Waals surface area (Å²) in [5, 5.41) is 1.96. The molecule has 0 bridgehead atoms. The molecule has 0 aliphatic carbocycles. The predicted molar refractivity (Wildman–Crippen MR) is 52.2 cm³/mol. The summed E-state index contributed by atoms with van der Waals surface area (Å²) in [6.07, 6.45) is 2.85. The molecular formula is C10H8FNS. The minimum atomic E-state index is -0.260. The number of hydrogen-bond acceptors (Lipinski definition) is 2. The van der Waals surface area contributed by atoms with Gasteiger partial charge in [-0.3, -0.25) is 4.98 Å². The highest BCUT2D eigenvalue weighted by Crippen LogP contribution is 2.28. The lowest BCUT2D eigenvalue weighted by Crippen LogP contribution is -1.84. The van der Waals surface area contributed by atoms with E-state index in [1.165, 1.54) is 6.20 Å². The van der Waals surface area contributed by atoms with Gasteiger partial charge in [-0.05, 0) is 30.0 Å². The second-order valence-corrected chi connectivity index (χ2v) is 3.87. The zero-order valence-electron chi connectivity index (χ0n) is 7.12. The zero-order chi connectivity index (χ0) is 9.26. The van der Waals surface area contributed by atoms with E-state index in [1.807, 2.05) is 18.4 Å². The predicted octanol–water partition coefficient (Wildman–Crippen LogP) is 3.26. The van der Waals surface area contributed by atoms with Crippen LogP contribution in [-0.2, 0) is 0 Å². The summed E-state index contributed by atoms with van der Waals surface area (Å²) < 4.78 is 13.3. The van der Waals surface area contributed by atoms with Gasteiger partial charge in [-0.1, -0.05) is 0 Å². The molecule has 0 aliphatic rings. The SMILES string of the molecule is Cc1sccc1-c1ccncc1F. The van der Waals surface area contributed by atoms with Gasteiger partial charge in [-0.15, -0.1) is 11.3 Å². The van der Waals surface area contributed by atoms with Crippen molar-refractivity contribution in [2.24, 2.45) is 0 Å². The standard InChI is InChI=1S/C10H8FNS/c1-7-8(3-5-13-7)9-2-4-12-6-10(9)11/h2-6H,1H3. The average Bonchev–Trinajstić information content (AvgIpc) is 2.52. The number of aryl methyl sites for hydroxylation is 1. The summed E-state index contributed by atoms with van der Waals surface area (Å²) in [4.78, 5) is 4.84. The minimum Gasteiger partial charge on any atom is -0.262 e. The van der Waals surface area contributed by atoms with Crippen LogP contribution in [0.3, 0.4) is 0 Å². The molecule has 0 aromatic carbocycles. The summed E-state index contributed by atoms with van der Waals surface area (Å²) in [5.41, 5.74) is 1.60. The Hall–Kier alpha value is -1.22. The average molecular weight is 193 g/mol. The first-order chi connectivity index (χ1) is 6.29. The second-order valence-electron chi connectivity index (χ2n) is 2.75. The van der Waals surface area contributed by atoms with Gasteiger partial charge in [0.05, 0.1) is 6.20 Å². The van der Waals surface area contributed by atoms with Crippen LogP contribution in [0.15, 0.2) is 29.9 Å². The molecule has 0 spiro atoms. The molecule has 0 N–H and O–H groups in total. The van der Waals surface area contributed by atoms with Gasteiger partial charge in [0.1, 0.15) is 5.82 Å². The Balaban J connectivity index is 2.59. The van der Waals surface area contributed by atoms with Crippen molar-refractivity contribution in [2.45, 2.75) is 6.92 Å². The van der Waals surface area contributed by atoms with E-state index in [9.17, 15) is 4.39 Å². The number of thiophene rings is 1. The van der Waals surface area contributed by atoms with Crippen LogP contribution in [0.25, 0.3) is 11.1 Å². The highest BCUT2D eigenvalue weighted by atomic mass is 32.1. The number of halogens is 1. The maximum absolute atomic E-state index is 13.3. The number of pyridine rings is 1. The van der Waals surface area contributed by atoms with Crippen molar-refractivity contribution in [2.75, 3.05) is 0 Å². The molecule has 0 fully saturated rings. The van der Waals surface area contributed by atoms with Crippen LogP contribution in [0.1, 0.15) is 4.88 Å². The van der Waals surface area contributed by atoms with Gasteiger partial charge < -0.3 is 0 Å². The first kappa shape index (κ1) is 8.38. The van der Waals surface area contributed by atoms with E-state index in [2.05, 4.69) is 4.98 Å². The molecule has 2 heterocycles. The van der Waals surface area contributed by atoms with Crippen molar-refractivity contribution in [1.82, 2.24) is 4.98 Å². The third-order valence-corrected chi connectivity index (χ3v) is 2.77. The third-order valence-electron chi connectivity index (χ3n) is 1.92. The van der Waals surface area contributed by atoms with Gasteiger partial charge in [0.15, 0.2) is 0 Å². The van der Waals surface area contributed by atoms with Gasteiger partial charge in [-0.25, -0.2) is 4.39 Å². The van der Waals surface area contributed by atoms with Gasteiger partial charge >= 0.3 is 0 Å². The molecular weight excluding hydrogens is 185 g/mol. The zero-order valence-corrected chi connectivity index (χ0v) is 7.94. The normalized spacial score (nSPS) is 10.3. The Morgan fingerprint density at radius 1 is 1.31 bits per heavy atom. The smallest absolute Gasteiger partial charge is 0.149 e. The molecule has 3 heteroatoms. The molecule has 0 unspecified atom stereocenters. The van der Waals surface area contributed by atoms with Crippen molar-refractivity contribution in [3.63, 3.8) is 0 Å². The van der Waals surface area contributed by atoms with Gasteiger partial charge in [-0.2, -0.15) is 0 Å². The minimum absolute atomic E-state index is 0.260.